The van der Waals surface area contributed by atoms with Gasteiger partial charge in [0.1, 0.15) is 5.78 Å². The number of ether oxygens (including phenoxy) is 1. The van der Waals surface area contributed by atoms with Crippen LogP contribution in [0.2, 0.25) is 0 Å². The van der Waals surface area contributed by atoms with Crippen molar-refractivity contribution in [3.63, 3.8) is 0 Å². The lowest BCUT2D eigenvalue weighted by Gasteiger charge is -2.19. The van der Waals surface area contributed by atoms with Gasteiger partial charge in [-0.3, -0.25) is 19.4 Å². The molecule has 0 atom stereocenters. The normalized spacial score (nSPS) is 17.2. The fourth-order valence-corrected chi connectivity index (χ4v) is 4.67. The third kappa shape index (κ3) is 3.99. The lowest BCUT2D eigenvalue weighted by molar-refractivity contribution is -0.119. The average Bonchev–Trinajstić information content (AvgIpc) is 3.44. The molecule has 1 aromatic heterocycles. The van der Waals surface area contributed by atoms with E-state index in [1.54, 1.807) is 29.0 Å². The summed E-state index contributed by atoms with van der Waals surface area (Å²) in [5.74, 6) is -1.17. The summed E-state index contributed by atoms with van der Waals surface area (Å²) in [4.78, 5) is 45.7. The molecule has 0 spiro atoms. The summed E-state index contributed by atoms with van der Waals surface area (Å²) in [6.45, 7) is 1.56. The first-order valence-electron chi connectivity index (χ1n) is 11.6. The number of likely N-dealkylation sites (tertiary alicyclic amines) is 1. The zero-order chi connectivity index (χ0) is 24.0. The Kier molecular flexibility index (Phi) is 5.71. The second-order valence-electron chi connectivity index (χ2n) is 9.19. The Hall–Kier alpha value is -3.49. The zero-order valence-corrected chi connectivity index (χ0v) is 19.3. The van der Waals surface area contributed by atoms with E-state index in [2.05, 4.69) is 10.3 Å². The first kappa shape index (κ1) is 22.3. The van der Waals surface area contributed by atoms with E-state index in [0.717, 1.165) is 25.7 Å². The number of halogens is 1. The summed E-state index contributed by atoms with van der Waals surface area (Å²) in [6, 6.07) is 4.70. The van der Waals surface area contributed by atoms with Crippen molar-refractivity contribution in [2.75, 3.05) is 32.6 Å². The number of pyridine rings is 1. The molecule has 2 aliphatic heterocycles. The van der Waals surface area contributed by atoms with Crippen molar-refractivity contribution in [2.24, 2.45) is 5.92 Å². The van der Waals surface area contributed by atoms with Crippen LogP contribution in [0.4, 0.5) is 15.8 Å². The van der Waals surface area contributed by atoms with Crippen molar-refractivity contribution in [1.82, 2.24) is 14.8 Å². The smallest absolute Gasteiger partial charge is 0.257 e. The number of Topliss-reactive ketones (excluding diaryl/α,β-unsaturated/α-hetero) is 1. The number of methoxy groups -OCH3 is 1. The van der Waals surface area contributed by atoms with E-state index in [4.69, 9.17) is 4.74 Å². The number of carbonyl (C=O) groups excluding carboxylic acids is 3. The van der Waals surface area contributed by atoms with E-state index in [-0.39, 0.29) is 46.9 Å². The van der Waals surface area contributed by atoms with Gasteiger partial charge in [0.25, 0.3) is 11.8 Å². The summed E-state index contributed by atoms with van der Waals surface area (Å²) in [5, 5.41) is 3.12. The van der Waals surface area contributed by atoms with Gasteiger partial charge in [-0.05, 0) is 43.9 Å². The molecule has 2 fully saturated rings. The fourth-order valence-electron chi connectivity index (χ4n) is 4.67. The molecule has 34 heavy (non-hydrogen) atoms. The van der Waals surface area contributed by atoms with Crippen LogP contribution in [0.5, 0.6) is 5.75 Å². The summed E-state index contributed by atoms with van der Waals surface area (Å²) in [7, 11) is 3.02. The van der Waals surface area contributed by atoms with Crippen molar-refractivity contribution in [2.45, 2.75) is 38.6 Å². The molecule has 1 aliphatic carbocycles. The first-order chi connectivity index (χ1) is 16.4. The number of hydrogen-bond donors (Lipinski definition) is 1. The van der Waals surface area contributed by atoms with Gasteiger partial charge in [0.15, 0.2) is 11.6 Å². The molecule has 8 nitrogen and oxygen atoms in total. The molecule has 0 unspecified atom stereocenters. The van der Waals surface area contributed by atoms with Gasteiger partial charge in [-0.15, -0.1) is 0 Å². The third-order valence-electron chi connectivity index (χ3n) is 6.68. The van der Waals surface area contributed by atoms with Crippen molar-refractivity contribution in [3.05, 3.63) is 46.5 Å². The van der Waals surface area contributed by atoms with Gasteiger partial charge in [-0.25, -0.2) is 4.39 Å². The van der Waals surface area contributed by atoms with Crippen molar-refractivity contribution >= 4 is 29.0 Å². The van der Waals surface area contributed by atoms with Crippen LogP contribution in [0.3, 0.4) is 0 Å². The van der Waals surface area contributed by atoms with Crippen LogP contribution in [-0.4, -0.2) is 59.6 Å². The molecule has 2 amide bonds. The highest BCUT2D eigenvalue weighted by Gasteiger charge is 2.33. The number of benzene rings is 1. The molecule has 1 saturated heterocycles. The van der Waals surface area contributed by atoms with Gasteiger partial charge in [-0.1, -0.05) is 0 Å². The highest BCUT2D eigenvalue weighted by atomic mass is 19.1. The number of amides is 2. The van der Waals surface area contributed by atoms with Crippen LogP contribution >= 0.6 is 0 Å². The van der Waals surface area contributed by atoms with Crippen LogP contribution in [0, 0.1) is 11.7 Å². The average molecular weight is 467 g/mol. The lowest BCUT2D eigenvalue weighted by Crippen LogP contribution is -2.28. The number of anilines is 2. The van der Waals surface area contributed by atoms with Crippen molar-refractivity contribution < 1.29 is 23.5 Å². The van der Waals surface area contributed by atoms with Gasteiger partial charge in [-0.2, -0.15) is 0 Å². The minimum absolute atomic E-state index is 0.0456. The lowest BCUT2D eigenvalue weighted by atomic mass is 10.1. The van der Waals surface area contributed by atoms with E-state index in [9.17, 15) is 14.4 Å². The summed E-state index contributed by atoms with van der Waals surface area (Å²) < 4.78 is 20.7. The molecule has 2 aromatic rings. The van der Waals surface area contributed by atoms with E-state index in [0.29, 0.717) is 42.3 Å². The fraction of sp³-hybridized carbons (Fsp3) is 0.440. The zero-order valence-electron chi connectivity index (χ0n) is 19.3. The summed E-state index contributed by atoms with van der Waals surface area (Å²) in [6.07, 6.45) is 3.83. The second-order valence-corrected chi connectivity index (χ2v) is 9.19. The van der Waals surface area contributed by atoms with E-state index in [1.165, 1.54) is 13.2 Å². The van der Waals surface area contributed by atoms with Crippen LogP contribution in [0.25, 0.3) is 0 Å². The molecular weight excluding hydrogens is 439 g/mol. The van der Waals surface area contributed by atoms with Gasteiger partial charge in [0.05, 0.1) is 47.5 Å². The number of fused-ring (bicyclic) bond motifs is 1. The van der Waals surface area contributed by atoms with Gasteiger partial charge in [0.2, 0.25) is 0 Å². The Morgan fingerprint density at radius 2 is 1.94 bits per heavy atom. The van der Waals surface area contributed by atoms with E-state index >= 15 is 4.39 Å². The molecule has 1 aromatic carbocycles. The van der Waals surface area contributed by atoms with Crippen LogP contribution < -0.4 is 10.1 Å². The van der Waals surface area contributed by atoms with Gasteiger partial charge in [0, 0.05) is 32.5 Å². The molecule has 3 heterocycles. The second kappa shape index (κ2) is 8.70. The largest absolute Gasteiger partial charge is 0.492 e. The minimum Gasteiger partial charge on any atom is -0.492 e. The Morgan fingerprint density at radius 3 is 2.62 bits per heavy atom. The third-order valence-corrected chi connectivity index (χ3v) is 6.68. The predicted octanol–water partition coefficient (Wildman–Crippen LogP) is 3.32. The molecule has 3 aliphatic rings. The van der Waals surface area contributed by atoms with Gasteiger partial charge >= 0.3 is 0 Å². The molecule has 9 heteroatoms. The standard InChI is InChI=1S/C25H27FN4O4/c1-29-13-19-21(25(29)33)18(11-15(27-19)12-20(31)14-5-6-14)28-17-8-7-16(22(26)23(17)34-2)24(32)30-9-3-4-10-30/h7-8,11,14H,3-6,9-10,12-13H2,1-2H3,(H,27,28). The number of carbonyl (C=O) groups is 3. The minimum atomic E-state index is -0.748. The van der Waals surface area contributed by atoms with Crippen LogP contribution in [0.15, 0.2) is 18.2 Å². The van der Waals surface area contributed by atoms with Crippen molar-refractivity contribution in [3.8, 4) is 5.75 Å². The number of nitrogens with one attached hydrogen (secondary N) is 1. The highest BCUT2D eigenvalue weighted by molar-refractivity contribution is 6.04. The Morgan fingerprint density at radius 1 is 1.21 bits per heavy atom. The molecule has 1 saturated carbocycles. The van der Waals surface area contributed by atoms with Crippen LogP contribution in [0.1, 0.15) is 57.8 Å². The molecule has 178 valence electrons. The van der Waals surface area contributed by atoms with Crippen molar-refractivity contribution in [1.29, 1.82) is 0 Å². The molecule has 5 rings (SSSR count). The number of aromatic nitrogens is 1. The maximum atomic E-state index is 15.4. The molecular formula is C25H27FN4O4. The number of rotatable bonds is 7. The Balaban J connectivity index is 1.50. The summed E-state index contributed by atoms with van der Waals surface area (Å²) >= 11 is 0. The number of ketones is 1. The quantitative estimate of drug-likeness (QED) is 0.673. The number of nitrogens with zero attached hydrogens (tertiary/aromatic N) is 3. The molecule has 1 N–H and O–H groups in total. The molecule has 0 radical (unpaired) electrons. The van der Waals surface area contributed by atoms with E-state index < -0.39 is 5.82 Å². The maximum Gasteiger partial charge on any atom is 0.257 e. The summed E-state index contributed by atoms with van der Waals surface area (Å²) in [5.41, 5.74) is 2.22. The Labute approximate surface area is 197 Å². The monoisotopic (exact) mass is 466 g/mol. The maximum absolute atomic E-state index is 15.4. The molecule has 0 bridgehead atoms. The first-order valence-corrected chi connectivity index (χ1v) is 11.6. The van der Waals surface area contributed by atoms with Gasteiger partial charge < -0.3 is 19.9 Å². The number of hydrogen-bond acceptors (Lipinski definition) is 6. The Bertz CT molecular complexity index is 1190. The van der Waals surface area contributed by atoms with Crippen LogP contribution in [-0.2, 0) is 17.8 Å². The predicted molar refractivity (Wildman–Crippen MR) is 123 cm³/mol. The van der Waals surface area contributed by atoms with E-state index in [1.807, 2.05) is 0 Å². The topological polar surface area (TPSA) is 91.8 Å². The SMILES string of the molecule is COc1c(Nc2cc(CC(=O)C3CC3)nc3c2C(=O)N(C)C3)ccc(C(=O)N2CCCC2)c1F. The highest BCUT2D eigenvalue weighted by Crippen LogP contribution is 2.37.